The van der Waals surface area contributed by atoms with E-state index in [9.17, 15) is 19.8 Å². The average molecular weight is 413 g/mol. The molecule has 0 amide bonds. The van der Waals surface area contributed by atoms with Crippen molar-refractivity contribution < 1.29 is 24.2 Å². The lowest BCUT2D eigenvalue weighted by atomic mass is 9.55. The highest BCUT2D eigenvalue weighted by atomic mass is 35.5. The number of hydrogen-bond donors (Lipinski definition) is 2. The molecule has 2 aromatic carbocycles. The molecular weight excluding hydrogens is 392 g/mol. The van der Waals surface area contributed by atoms with Gasteiger partial charge in [-0.3, -0.25) is 9.59 Å². The van der Waals surface area contributed by atoms with Crippen molar-refractivity contribution in [3.8, 4) is 0 Å². The van der Waals surface area contributed by atoms with Crippen LogP contribution in [0.1, 0.15) is 49.5 Å². The van der Waals surface area contributed by atoms with E-state index >= 15 is 0 Å². The monoisotopic (exact) mass is 412 g/mol. The number of rotatable bonds is 5. The maximum absolute atomic E-state index is 12.8. The Balaban J connectivity index is 2.23. The minimum Gasteiger partial charge on any atom is -0.480 e. The van der Waals surface area contributed by atoms with E-state index in [1.807, 2.05) is 31.2 Å². The third-order valence-corrected chi connectivity index (χ3v) is 6.76. The molecule has 2 unspecified atom stereocenters. The van der Waals surface area contributed by atoms with Crippen molar-refractivity contribution in [1.82, 2.24) is 0 Å². The van der Waals surface area contributed by atoms with Crippen molar-refractivity contribution in [2.24, 2.45) is 5.41 Å². The van der Waals surface area contributed by atoms with Gasteiger partial charge in [-0.2, -0.15) is 0 Å². The summed E-state index contributed by atoms with van der Waals surface area (Å²) < 4.78 is 6.12. The average Bonchev–Trinajstić information content (AvgIpc) is 3.19. The van der Waals surface area contributed by atoms with Gasteiger partial charge in [0, 0.05) is 21.9 Å². The second-order valence-corrected chi connectivity index (χ2v) is 7.92. The maximum Gasteiger partial charge on any atom is 0.323 e. The number of halogens is 1. The molecule has 6 heteroatoms. The van der Waals surface area contributed by atoms with Crippen LogP contribution in [0, 0.1) is 5.41 Å². The summed E-state index contributed by atoms with van der Waals surface area (Å²) in [7, 11) is 0. The van der Waals surface area contributed by atoms with Crippen LogP contribution in [-0.4, -0.2) is 22.2 Å². The number of hydrogen-bond acceptors (Lipinski definition) is 3. The standard InChI is InChI=1S/C23H21ClO5/c1-3-16-19-18(15-7-5-6-8-17(15)29-19)22(4-2,13-9-11-14(24)12-10-13)23(16,20(25)26)21(27)28/h5-12,16H,3-4H2,1-2H3,(H,25,26)(H,27,28). The summed E-state index contributed by atoms with van der Waals surface area (Å²) >= 11 is 6.08. The largest absolute Gasteiger partial charge is 0.480 e. The van der Waals surface area contributed by atoms with Crippen molar-refractivity contribution in [3.05, 3.63) is 70.4 Å². The number of aliphatic carboxylic acids is 2. The Morgan fingerprint density at radius 3 is 2.21 bits per heavy atom. The first-order valence-electron chi connectivity index (χ1n) is 9.60. The summed E-state index contributed by atoms with van der Waals surface area (Å²) in [6.45, 7) is 3.63. The number of para-hydroxylation sites is 1. The predicted molar refractivity (Wildman–Crippen MR) is 109 cm³/mol. The van der Waals surface area contributed by atoms with Gasteiger partial charge in [0.25, 0.3) is 0 Å². The van der Waals surface area contributed by atoms with E-state index in [-0.39, 0.29) is 6.42 Å². The highest BCUT2D eigenvalue weighted by molar-refractivity contribution is 6.30. The Morgan fingerprint density at radius 1 is 1.03 bits per heavy atom. The molecule has 2 atom stereocenters. The molecule has 5 nitrogen and oxygen atoms in total. The molecule has 0 radical (unpaired) electrons. The number of carboxylic acids is 2. The minimum absolute atomic E-state index is 0.278. The van der Waals surface area contributed by atoms with Crippen LogP contribution in [0.3, 0.4) is 0 Å². The van der Waals surface area contributed by atoms with Gasteiger partial charge in [0.05, 0.1) is 5.41 Å². The van der Waals surface area contributed by atoms with Crippen molar-refractivity contribution in [2.45, 2.75) is 38.0 Å². The van der Waals surface area contributed by atoms with E-state index in [1.54, 1.807) is 31.2 Å². The van der Waals surface area contributed by atoms with Crippen LogP contribution < -0.4 is 0 Å². The number of benzene rings is 2. The second-order valence-electron chi connectivity index (χ2n) is 7.48. The number of furan rings is 1. The molecule has 0 saturated carbocycles. The lowest BCUT2D eigenvalue weighted by Crippen LogP contribution is -2.56. The Bertz CT molecular complexity index is 1100. The summed E-state index contributed by atoms with van der Waals surface area (Å²) in [5.74, 6) is -3.07. The fourth-order valence-corrected chi connectivity index (χ4v) is 5.58. The van der Waals surface area contributed by atoms with E-state index in [1.165, 1.54) is 0 Å². The Kier molecular flexibility index (Phi) is 4.46. The fraction of sp³-hybridized carbons (Fsp3) is 0.304. The zero-order valence-corrected chi connectivity index (χ0v) is 16.9. The van der Waals surface area contributed by atoms with Gasteiger partial charge in [-0.25, -0.2) is 0 Å². The summed E-state index contributed by atoms with van der Waals surface area (Å²) in [6.07, 6.45) is 0.598. The van der Waals surface area contributed by atoms with E-state index in [4.69, 9.17) is 16.0 Å². The number of carbonyl (C=O) groups is 2. The lowest BCUT2D eigenvalue weighted by Gasteiger charge is -2.43. The lowest BCUT2D eigenvalue weighted by molar-refractivity contribution is -0.171. The van der Waals surface area contributed by atoms with E-state index in [0.717, 1.165) is 5.39 Å². The molecule has 29 heavy (non-hydrogen) atoms. The third kappa shape index (κ3) is 2.22. The predicted octanol–water partition coefficient (Wildman–Crippen LogP) is 5.45. The molecule has 1 aliphatic carbocycles. The maximum atomic E-state index is 12.8. The molecule has 0 spiro atoms. The summed E-state index contributed by atoms with van der Waals surface area (Å²) in [6, 6.07) is 14.2. The van der Waals surface area contributed by atoms with Crippen molar-refractivity contribution in [1.29, 1.82) is 0 Å². The highest BCUT2D eigenvalue weighted by Gasteiger charge is 2.73. The smallest absolute Gasteiger partial charge is 0.323 e. The Hall–Kier alpha value is -2.79. The molecule has 1 aliphatic rings. The number of fused-ring (bicyclic) bond motifs is 3. The molecule has 0 saturated heterocycles. The van der Waals surface area contributed by atoms with Gasteiger partial charge in [0.1, 0.15) is 11.3 Å². The van der Waals surface area contributed by atoms with Gasteiger partial charge in [0.2, 0.25) is 0 Å². The molecular formula is C23H21ClO5. The van der Waals surface area contributed by atoms with Gasteiger partial charge >= 0.3 is 11.9 Å². The normalized spacial score (nSPS) is 22.5. The number of carboxylic acid groups (broad SMARTS) is 2. The molecule has 0 fully saturated rings. The van der Waals surface area contributed by atoms with E-state index < -0.39 is 28.7 Å². The van der Waals surface area contributed by atoms with Crippen molar-refractivity contribution in [2.75, 3.05) is 0 Å². The molecule has 2 N–H and O–H groups in total. The first kappa shape index (κ1) is 19.5. The van der Waals surface area contributed by atoms with Crippen molar-refractivity contribution >= 4 is 34.5 Å². The van der Waals surface area contributed by atoms with Crippen LogP contribution in [0.4, 0.5) is 0 Å². The van der Waals surface area contributed by atoms with Gasteiger partial charge in [0.15, 0.2) is 5.41 Å². The molecule has 1 heterocycles. The Morgan fingerprint density at radius 2 is 1.66 bits per heavy atom. The first-order chi connectivity index (χ1) is 13.9. The first-order valence-corrected chi connectivity index (χ1v) is 9.98. The molecule has 3 aromatic rings. The zero-order valence-electron chi connectivity index (χ0n) is 16.1. The minimum atomic E-state index is -2.09. The molecule has 0 bridgehead atoms. The summed E-state index contributed by atoms with van der Waals surface area (Å²) in [4.78, 5) is 25.6. The highest BCUT2D eigenvalue weighted by Crippen LogP contribution is 2.66. The summed E-state index contributed by atoms with van der Waals surface area (Å²) in [5, 5.41) is 22.1. The van der Waals surface area contributed by atoms with Gasteiger partial charge in [-0.05, 0) is 36.6 Å². The van der Waals surface area contributed by atoms with Crippen LogP contribution in [0.2, 0.25) is 5.02 Å². The molecule has 1 aromatic heterocycles. The van der Waals surface area contributed by atoms with Gasteiger partial charge in [-0.15, -0.1) is 0 Å². The van der Waals surface area contributed by atoms with Crippen LogP contribution in [0.5, 0.6) is 0 Å². The zero-order chi connectivity index (χ0) is 21.0. The summed E-state index contributed by atoms with van der Waals surface area (Å²) in [5.41, 5.74) is -1.50. The molecule has 0 aliphatic heterocycles. The van der Waals surface area contributed by atoms with Gasteiger partial charge < -0.3 is 14.6 Å². The molecule has 4 rings (SSSR count). The van der Waals surface area contributed by atoms with Crippen LogP contribution in [0.15, 0.2) is 52.9 Å². The Labute approximate surface area is 172 Å². The van der Waals surface area contributed by atoms with E-state index in [0.29, 0.717) is 33.9 Å². The fourth-order valence-electron chi connectivity index (χ4n) is 5.45. The molecule has 150 valence electrons. The van der Waals surface area contributed by atoms with Gasteiger partial charge in [-0.1, -0.05) is 55.8 Å². The van der Waals surface area contributed by atoms with Crippen LogP contribution >= 0.6 is 11.6 Å². The third-order valence-electron chi connectivity index (χ3n) is 6.51. The topological polar surface area (TPSA) is 87.7 Å². The quantitative estimate of drug-likeness (QED) is 0.544. The van der Waals surface area contributed by atoms with E-state index in [2.05, 4.69) is 0 Å². The second kappa shape index (κ2) is 6.63. The van der Waals surface area contributed by atoms with Crippen LogP contribution in [-0.2, 0) is 15.0 Å². The van der Waals surface area contributed by atoms with Crippen LogP contribution in [0.25, 0.3) is 11.0 Å². The van der Waals surface area contributed by atoms with Crippen molar-refractivity contribution in [3.63, 3.8) is 0 Å². The SMILES string of the molecule is CCC1c2oc3ccccc3c2C(CC)(c2ccc(Cl)cc2)C1(C(=O)O)C(=O)O.